The van der Waals surface area contributed by atoms with Crippen molar-refractivity contribution in [3.8, 4) is 0 Å². The monoisotopic (exact) mass is 370 g/mol. The maximum atomic E-state index is 13.1. The molecular weight excluding hydrogens is 347 g/mol. The van der Waals surface area contributed by atoms with Gasteiger partial charge in [-0.3, -0.25) is 14.7 Å². The Morgan fingerprint density at radius 2 is 1.78 bits per heavy atom. The molecule has 0 spiro atoms. The SMILES string of the molecule is CC(C)(C)OC(=O)N1CC(C)(C)c2ncc(C(=O)c3ccc(F)cc3)cc21. The standard InChI is InChI=1S/C21H23FN2O3/c1-20(2,3)27-19(26)24-12-21(4,5)18-16(24)10-14(11-23-18)17(25)13-6-8-15(22)9-7-13/h6-11H,12H2,1-5H3. The van der Waals surface area contributed by atoms with Crippen molar-refractivity contribution in [1.82, 2.24) is 4.98 Å². The van der Waals surface area contributed by atoms with Crippen molar-refractivity contribution >= 4 is 17.6 Å². The molecule has 2 aromatic rings. The first-order valence-electron chi connectivity index (χ1n) is 8.79. The number of anilines is 1. The van der Waals surface area contributed by atoms with Crippen molar-refractivity contribution in [2.75, 3.05) is 11.4 Å². The van der Waals surface area contributed by atoms with Gasteiger partial charge in [-0.25, -0.2) is 9.18 Å². The summed E-state index contributed by atoms with van der Waals surface area (Å²) in [7, 11) is 0. The smallest absolute Gasteiger partial charge is 0.414 e. The highest BCUT2D eigenvalue weighted by Crippen LogP contribution is 2.40. The Bertz CT molecular complexity index is 899. The minimum Gasteiger partial charge on any atom is -0.443 e. The minimum atomic E-state index is -0.626. The first-order valence-corrected chi connectivity index (χ1v) is 8.79. The number of carbonyl (C=O) groups is 2. The van der Waals surface area contributed by atoms with Crippen LogP contribution in [-0.2, 0) is 10.2 Å². The number of aromatic nitrogens is 1. The molecule has 0 bridgehead atoms. The number of ketones is 1. The first-order chi connectivity index (χ1) is 12.5. The molecule has 1 aromatic heterocycles. The molecule has 1 amide bonds. The lowest BCUT2D eigenvalue weighted by molar-refractivity contribution is 0.0579. The fraction of sp³-hybridized carbons (Fsp3) is 0.381. The van der Waals surface area contributed by atoms with E-state index in [1.165, 1.54) is 35.4 Å². The van der Waals surface area contributed by atoms with E-state index >= 15 is 0 Å². The number of benzene rings is 1. The molecule has 27 heavy (non-hydrogen) atoms. The number of pyridine rings is 1. The summed E-state index contributed by atoms with van der Waals surface area (Å²) in [6.07, 6.45) is 1.03. The second-order valence-corrected chi connectivity index (χ2v) is 8.38. The average Bonchev–Trinajstić information content (AvgIpc) is 2.84. The van der Waals surface area contributed by atoms with Crippen LogP contribution in [0.2, 0.25) is 0 Å². The third-order valence-corrected chi connectivity index (χ3v) is 4.34. The van der Waals surface area contributed by atoms with Gasteiger partial charge in [0.1, 0.15) is 11.4 Å². The molecule has 0 saturated carbocycles. The van der Waals surface area contributed by atoms with E-state index in [1.54, 1.807) is 26.8 Å². The van der Waals surface area contributed by atoms with Gasteiger partial charge in [-0.15, -0.1) is 0 Å². The van der Waals surface area contributed by atoms with Crippen LogP contribution in [-0.4, -0.2) is 29.0 Å². The first kappa shape index (κ1) is 19.0. The molecule has 5 nitrogen and oxygen atoms in total. The van der Waals surface area contributed by atoms with Crippen molar-refractivity contribution < 1.29 is 18.7 Å². The van der Waals surface area contributed by atoms with Crippen molar-refractivity contribution in [3.05, 3.63) is 59.2 Å². The molecule has 0 aliphatic carbocycles. The third kappa shape index (κ3) is 3.84. The van der Waals surface area contributed by atoms with Crippen molar-refractivity contribution in [2.45, 2.75) is 45.6 Å². The Morgan fingerprint density at radius 3 is 2.37 bits per heavy atom. The number of rotatable bonds is 2. The van der Waals surface area contributed by atoms with Crippen molar-refractivity contribution in [3.63, 3.8) is 0 Å². The number of fused-ring (bicyclic) bond motifs is 1. The van der Waals surface area contributed by atoms with Crippen LogP contribution >= 0.6 is 0 Å². The summed E-state index contributed by atoms with van der Waals surface area (Å²) in [5.41, 5.74) is 1.03. The minimum absolute atomic E-state index is 0.279. The lowest BCUT2D eigenvalue weighted by atomic mass is 9.91. The molecule has 1 aromatic carbocycles. The summed E-state index contributed by atoms with van der Waals surface area (Å²) in [6, 6.07) is 7.00. The van der Waals surface area contributed by atoms with E-state index in [0.29, 0.717) is 23.4 Å². The predicted octanol–water partition coefficient (Wildman–Crippen LogP) is 4.48. The Kier molecular flexibility index (Phi) is 4.54. The number of nitrogens with zero attached hydrogens (tertiary/aromatic N) is 2. The molecule has 1 aliphatic heterocycles. The second kappa shape index (κ2) is 6.44. The number of halogens is 1. The van der Waals surface area contributed by atoms with E-state index in [1.807, 2.05) is 13.8 Å². The molecule has 6 heteroatoms. The van der Waals surface area contributed by atoms with E-state index in [9.17, 15) is 14.0 Å². The van der Waals surface area contributed by atoms with Gasteiger partial charge >= 0.3 is 6.09 Å². The van der Waals surface area contributed by atoms with E-state index < -0.39 is 17.5 Å². The number of hydrogen-bond donors (Lipinski definition) is 0. The largest absolute Gasteiger partial charge is 0.443 e. The van der Waals surface area contributed by atoms with Crippen molar-refractivity contribution in [1.29, 1.82) is 0 Å². The van der Waals surface area contributed by atoms with Gasteiger partial charge in [-0.2, -0.15) is 0 Å². The molecule has 2 heterocycles. The summed E-state index contributed by atoms with van der Waals surface area (Å²) in [4.78, 5) is 31.4. The lowest BCUT2D eigenvalue weighted by Gasteiger charge is -2.25. The topological polar surface area (TPSA) is 59.5 Å². The lowest BCUT2D eigenvalue weighted by Crippen LogP contribution is -2.38. The Morgan fingerprint density at radius 1 is 1.15 bits per heavy atom. The number of amides is 1. The van der Waals surface area contributed by atoms with Gasteiger partial charge in [0.25, 0.3) is 0 Å². The van der Waals surface area contributed by atoms with Gasteiger partial charge < -0.3 is 4.74 Å². The van der Waals surface area contributed by atoms with Gasteiger partial charge in [-0.1, -0.05) is 13.8 Å². The Hall–Kier alpha value is -2.76. The highest BCUT2D eigenvalue weighted by atomic mass is 19.1. The molecular formula is C21H23FN2O3. The summed E-state index contributed by atoms with van der Waals surface area (Å²) in [5, 5.41) is 0. The van der Waals surface area contributed by atoms with Gasteiger partial charge in [0.2, 0.25) is 0 Å². The van der Waals surface area contributed by atoms with Gasteiger partial charge in [0, 0.05) is 29.3 Å². The summed E-state index contributed by atoms with van der Waals surface area (Å²) in [5.74, 6) is -0.685. The normalized spacial score (nSPS) is 15.4. The number of carbonyl (C=O) groups excluding carboxylic acids is 2. The van der Waals surface area contributed by atoms with Gasteiger partial charge in [0.15, 0.2) is 5.78 Å². The van der Waals surface area contributed by atoms with Crippen LogP contribution in [0.4, 0.5) is 14.9 Å². The van der Waals surface area contributed by atoms with Crippen LogP contribution < -0.4 is 4.90 Å². The molecule has 0 saturated heterocycles. The third-order valence-electron chi connectivity index (χ3n) is 4.34. The molecule has 142 valence electrons. The van der Waals surface area contributed by atoms with Gasteiger partial charge in [0.05, 0.1) is 11.4 Å². The fourth-order valence-electron chi connectivity index (χ4n) is 3.11. The highest BCUT2D eigenvalue weighted by Gasteiger charge is 2.41. The van der Waals surface area contributed by atoms with E-state index in [0.717, 1.165) is 5.69 Å². The summed E-state index contributed by atoms with van der Waals surface area (Å²) >= 11 is 0. The van der Waals surface area contributed by atoms with E-state index in [-0.39, 0.29) is 11.2 Å². The molecule has 0 unspecified atom stereocenters. The molecule has 0 N–H and O–H groups in total. The molecule has 0 radical (unpaired) electrons. The van der Waals surface area contributed by atoms with Crippen LogP contribution in [0.25, 0.3) is 0 Å². The van der Waals surface area contributed by atoms with E-state index in [2.05, 4.69) is 4.98 Å². The zero-order valence-electron chi connectivity index (χ0n) is 16.2. The molecule has 3 rings (SSSR count). The van der Waals surface area contributed by atoms with E-state index in [4.69, 9.17) is 4.74 Å². The average molecular weight is 370 g/mol. The number of ether oxygens (including phenoxy) is 1. The second-order valence-electron chi connectivity index (χ2n) is 8.38. The Balaban J connectivity index is 1.98. The fourth-order valence-corrected chi connectivity index (χ4v) is 3.11. The quantitative estimate of drug-likeness (QED) is 0.731. The summed E-state index contributed by atoms with van der Waals surface area (Å²) in [6.45, 7) is 9.81. The van der Waals surface area contributed by atoms with Crippen LogP contribution in [0.15, 0.2) is 36.5 Å². The highest BCUT2D eigenvalue weighted by molar-refractivity contribution is 6.09. The van der Waals surface area contributed by atoms with Crippen LogP contribution in [0.3, 0.4) is 0 Å². The zero-order chi connectivity index (χ0) is 20.0. The Labute approximate surface area is 158 Å². The predicted molar refractivity (Wildman–Crippen MR) is 101 cm³/mol. The summed E-state index contributed by atoms with van der Waals surface area (Å²) < 4.78 is 18.6. The maximum absolute atomic E-state index is 13.1. The zero-order valence-corrected chi connectivity index (χ0v) is 16.2. The van der Waals surface area contributed by atoms with Gasteiger partial charge in [-0.05, 0) is 51.1 Å². The van der Waals surface area contributed by atoms with Crippen LogP contribution in [0.1, 0.15) is 56.2 Å². The van der Waals surface area contributed by atoms with Crippen LogP contribution in [0.5, 0.6) is 0 Å². The van der Waals surface area contributed by atoms with Crippen molar-refractivity contribution in [2.24, 2.45) is 0 Å². The van der Waals surface area contributed by atoms with Crippen LogP contribution in [0, 0.1) is 5.82 Å². The maximum Gasteiger partial charge on any atom is 0.414 e. The number of hydrogen-bond acceptors (Lipinski definition) is 4. The molecule has 0 atom stereocenters. The molecule has 1 aliphatic rings. The molecule has 0 fully saturated rings.